The topological polar surface area (TPSA) is 93.5 Å². The summed E-state index contributed by atoms with van der Waals surface area (Å²) in [6.07, 6.45) is 7.22. The van der Waals surface area contributed by atoms with Crippen LogP contribution in [-0.4, -0.2) is 39.5 Å². The number of carboxylic acids is 1. The van der Waals surface area contributed by atoms with Crippen LogP contribution in [0.1, 0.15) is 43.7 Å². The van der Waals surface area contributed by atoms with Crippen LogP contribution < -0.4 is 5.32 Å². The summed E-state index contributed by atoms with van der Waals surface area (Å²) in [5.74, 6) is -1.37. The highest BCUT2D eigenvalue weighted by Gasteiger charge is 2.24. The van der Waals surface area contributed by atoms with Gasteiger partial charge >= 0.3 is 5.97 Å². The molecule has 1 aliphatic heterocycles. The summed E-state index contributed by atoms with van der Waals surface area (Å²) in [5, 5.41) is 15.7. The smallest absolute Gasteiger partial charge is 0.331 e. The molecule has 1 fully saturated rings. The summed E-state index contributed by atoms with van der Waals surface area (Å²) in [6.45, 7) is 0.750. The molecule has 1 saturated heterocycles. The summed E-state index contributed by atoms with van der Waals surface area (Å²) >= 11 is 0. The van der Waals surface area contributed by atoms with Gasteiger partial charge in [-0.15, -0.1) is 0 Å². The largest absolute Gasteiger partial charge is 0.479 e. The van der Waals surface area contributed by atoms with Gasteiger partial charge in [-0.25, -0.2) is 4.79 Å². The molecule has 0 aromatic carbocycles. The monoisotopic (exact) mass is 295 g/mol. The maximum Gasteiger partial charge on any atom is 0.331 e. The van der Waals surface area contributed by atoms with Crippen LogP contribution in [0, 0.1) is 0 Å². The number of carbonyl (C=O) groups excluding carboxylic acids is 1. The van der Waals surface area contributed by atoms with E-state index in [4.69, 9.17) is 4.74 Å². The molecule has 0 radical (unpaired) electrons. The number of carboxylic acid groups (broad SMARTS) is 1. The Labute approximate surface area is 123 Å². The first-order valence-electron chi connectivity index (χ1n) is 7.18. The van der Waals surface area contributed by atoms with Crippen molar-refractivity contribution in [2.24, 2.45) is 7.05 Å². The van der Waals surface area contributed by atoms with Crippen molar-refractivity contribution in [3.8, 4) is 0 Å². The highest BCUT2D eigenvalue weighted by atomic mass is 16.5. The Morgan fingerprint density at radius 3 is 2.95 bits per heavy atom. The predicted octanol–water partition coefficient (Wildman–Crippen LogP) is 1.01. The van der Waals surface area contributed by atoms with Crippen molar-refractivity contribution in [1.82, 2.24) is 15.1 Å². The van der Waals surface area contributed by atoms with Crippen molar-refractivity contribution in [3.63, 3.8) is 0 Å². The molecule has 2 heterocycles. The number of aromatic nitrogens is 2. The van der Waals surface area contributed by atoms with Gasteiger partial charge in [0.1, 0.15) is 0 Å². The number of hydrogen-bond donors (Lipinski definition) is 2. The fourth-order valence-electron chi connectivity index (χ4n) is 2.44. The molecule has 0 aliphatic carbocycles. The van der Waals surface area contributed by atoms with E-state index >= 15 is 0 Å². The van der Waals surface area contributed by atoms with Crippen LogP contribution in [0.25, 0.3) is 0 Å². The van der Waals surface area contributed by atoms with E-state index in [2.05, 4.69) is 10.4 Å². The van der Waals surface area contributed by atoms with E-state index in [0.29, 0.717) is 12.0 Å². The van der Waals surface area contributed by atoms with Crippen LogP contribution in [0.2, 0.25) is 0 Å². The minimum Gasteiger partial charge on any atom is -0.479 e. The molecular weight excluding hydrogens is 274 g/mol. The third kappa shape index (κ3) is 4.56. The summed E-state index contributed by atoms with van der Waals surface area (Å²) in [5.41, 5.74) is 0.465. The van der Waals surface area contributed by atoms with Crippen LogP contribution in [0.4, 0.5) is 0 Å². The zero-order valence-electron chi connectivity index (χ0n) is 12.1. The zero-order chi connectivity index (χ0) is 15.2. The van der Waals surface area contributed by atoms with Crippen molar-refractivity contribution in [3.05, 3.63) is 18.0 Å². The summed E-state index contributed by atoms with van der Waals surface area (Å²) < 4.78 is 7.07. The number of rotatable bonds is 6. The maximum atomic E-state index is 11.9. The summed E-state index contributed by atoms with van der Waals surface area (Å²) in [7, 11) is 1.70. The first-order valence-corrected chi connectivity index (χ1v) is 7.18. The van der Waals surface area contributed by atoms with Gasteiger partial charge in [-0.2, -0.15) is 5.10 Å². The van der Waals surface area contributed by atoms with E-state index in [1.54, 1.807) is 13.2 Å². The minimum absolute atomic E-state index is 0.117. The number of hydrogen-bond acceptors (Lipinski definition) is 4. The molecule has 1 aromatic heterocycles. The number of aryl methyl sites for hydroxylation is 1. The lowest BCUT2D eigenvalue weighted by atomic mass is 10.0. The van der Waals surface area contributed by atoms with Gasteiger partial charge in [-0.05, 0) is 25.7 Å². The highest BCUT2D eigenvalue weighted by Crippen LogP contribution is 2.18. The second-order valence-corrected chi connectivity index (χ2v) is 5.31. The Morgan fingerprint density at radius 2 is 2.38 bits per heavy atom. The lowest BCUT2D eigenvalue weighted by Crippen LogP contribution is -2.34. The Morgan fingerprint density at radius 1 is 1.57 bits per heavy atom. The minimum atomic E-state index is -1.09. The standard InChI is InChI=1S/C14H21N3O4/c1-17-9-10(8-15-17)13(14(19)20)16-12(18)6-5-11-4-2-3-7-21-11/h8-9,11,13H,2-7H2,1H3,(H,16,18)(H,19,20). The van der Waals surface area contributed by atoms with E-state index in [-0.39, 0.29) is 18.4 Å². The number of amides is 1. The number of ether oxygens (including phenoxy) is 1. The highest BCUT2D eigenvalue weighted by molar-refractivity contribution is 5.84. The van der Waals surface area contributed by atoms with Crippen molar-refractivity contribution < 1.29 is 19.4 Å². The lowest BCUT2D eigenvalue weighted by molar-refractivity contribution is -0.142. The van der Waals surface area contributed by atoms with Gasteiger partial charge in [0.25, 0.3) is 0 Å². The fraction of sp³-hybridized carbons (Fsp3) is 0.643. The molecule has 1 aliphatic rings. The van der Waals surface area contributed by atoms with E-state index in [1.807, 2.05) is 0 Å². The molecule has 2 rings (SSSR count). The quantitative estimate of drug-likeness (QED) is 0.817. The van der Waals surface area contributed by atoms with Crippen LogP contribution in [0.15, 0.2) is 12.4 Å². The van der Waals surface area contributed by atoms with E-state index in [0.717, 1.165) is 25.9 Å². The number of nitrogens with zero attached hydrogens (tertiary/aromatic N) is 2. The van der Waals surface area contributed by atoms with Crippen molar-refractivity contribution in [2.45, 2.75) is 44.2 Å². The summed E-state index contributed by atoms with van der Waals surface area (Å²) in [6, 6.07) is -1.06. The lowest BCUT2D eigenvalue weighted by Gasteiger charge is -2.22. The van der Waals surface area contributed by atoms with Crippen molar-refractivity contribution >= 4 is 11.9 Å². The molecular formula is C14H21N3O4. The second-order valence-electron chi connectivity index (χ2n) is 5.31. The molecule has 1 aromatic rings. The molecule has 2 unspecified atom stereocenters. The van der Waals surface area contributed by atoms with Gasteiger partial charge in [0.2, 0.25) is 5.91 Å². The number of carbonyl (C=O) groups is 2. The normalized spacial score (nSPS) is 20.0. The Bertz CT molecular complexity index is 494. The Kier molecular flexibility index (Phi) is 5.32. The van der Waals surface area contributed by atoms with Crippen LogP contribution in [0.3, 0.4) is 0 Å². The zero-order valence-corrected chi connectivity index (χ0v) is 12.1. The molecule has 2 atom stereocenters. The molecule has 0 spiro atoms. The Hall–Kier alpha value is -1.89. The molecule has 1 amide bonds. The molecule has 0 bridgehead atoms. The number of aliphatic carboxylic acids is 1. The molecule has 2 N–H and O–H groups in total. The van der Waals surface area contributed by atoms with Crippen molar-refractivity contribution in [2.75, 3.05) is 6.61 Å². The van der Waals surface area contributed by atoms with E-state index < -0.39 is 12.0 Å². The molecule has 7 heteroatoms. The maximum absolute atomic E-state index is 11.9. The SMILES string of the molecule is Cn1cc(C(NC(=O)CCC2CCCCO2)C(=O)O)cn1. The van der Waals surface area contributed by atoms with Gasteiger partial charge in [0.15, 0.2) is 6.04 Å². The van der Waals surface area contributed by atoms with E-state index in [1.165, 1.54) is 10.9 Å². The van der Waals surface area contributed by atoms with Gasteiger partial charge in [-0.1, -0.05) is 0 Å². The Balaban J connectivity index is 1.85. The molecule has 7 nitrogen and oxygen atoms in total. The third-order valence-electron chi connectivity index (χ3n) is 3.58. The van der Waals surface area contributed by atoms with Crippen LogP contribution >= 0.6 is 0 Å². The van der Waals surface area contributed by atoms with E-state index in [9.17, 15) is 14.7 Å². The fourth-order valence-corrected chi connectivity index (χ4v) is 2.44. The van der Waals surface area contributed by atoms with Gasteiger partial charge < -0.3 is 15.2 Å². The number of nitrogens with one attached hydrogen (secondary N) is 1. The molecule has 21 heavy (non-hydrogen) atoms. The molecule has 116 valence electrons. The second kappa shape index (κ2) is 7.21. The van der Waals surface area contributed by atoms with Crippen LogP contribution in [0.5, 0.6) is 0 Å². The predicted molar refractivity (Wildman–Crippen MR) is 74.6 cm³/mol. The summed E-state index contributed by atoms with van der Waals surface area (Å²) in [4.78, 5) is 23.2. The average molecular weight is 295 g/mol. The van der Waals surface area contributed by atoms with Crippen molar-refractivity contribution in [1.29, 1.82) is 0 Å². The first kappa shape index (κ1) is 15.5. The first-order chi connectivity index (χ1) is 10.1. The van der Waals surface area contributed by atoms with Gasteiger partial charge in [0.05, 0.1) is 12.3 Å². The molecule has 0 saturated carbocycles. The third-order valence-corrected chi connectivity index (χ3v) is 3.58. The average Bonchev–Trinajstić information content (AvgIpc) is 2.89. The van der Waals surface area contributed by atoms with Gasteiger partial charge in [-0.3, -0.25) is 9.48 Å². The van der Waals surface area contributed by atoms with Gasteiger partial charge in [0, 0.05) is 31.8 Å². The van der Waals surface area contributed by atoms with Crippen LogP contribution in [-0.2, 0) is 21.4 Å².